The van der Waals surface area contributed by atoms with Crippen LogP contribution >= 0.6 is 0 Å². The van der Waals surface area contributed by atoms with Crippen LogP contribution in [0.5, 0.6) is 0 Å². The lowest BCUT2D eigenvalue weighted by molar-refractivity contribution is 0.508. The maximum absolute atomic E-state index is 13.3. The van der Waals surface area contributed by atoms with Crippen molar-refractivity contribution in [3.63, 3.8) is 0 Å². The Hall–Kier alpha value is -2.41. The van der Waals surface area contributed by atoms with E-state index in [1.807, 2.05) is 24.0 Å². The second-order valence-electron chi connectivity index (χ2n) is 4.38. The summed E-state index contributed by atoms with van der Waals surface area (Å²) in [6, 6.07) is 13.2. The van der Waals surface area contributed by atoms with E-state index >= 15 is 0 Å². The first-order valence-corrected chi connectivity index (χ1v) is 6.33. The van der Waals surface area contributed by atoms with Crippen molar-refractivity contribution >= 4 is 5.69 Å². The topological polar surface area (TPSA) is 27.0 Å². The van der Waals surface area contributed by atoms with Crippen molar-refractivity contribution in [1.29, 1.82) is 5.26 Å². The van der Waals surface area contributed by atoms with Gasteiger partial charge < -0.3 is 4.90 Å². The molecule has 0 saturated carbocycles. The summed E-state index contributed by atoms with van der Waals surface area (Å²) in [6.07, 6.45) is 0. The Morgan fingerprint density at radius 1 is 1.10 bits per heavy atom. The zero-order valence-corrected chi connectivity index (χ0v) is 11.1. The van der Waals surface area contributed by atoms with E-state index in [1.54, 1.807) is 12.1 Å². The van der Waals surface area contributed by atoms with Gasteiger partial charge in [-0.05, 0) is 30.7 Å². The van der Waals surface area contributed by atoms with Crippen LogP contribution in [0.25, 0.3) is 0 Å². The lowest BCUT2D eigenvalue weighted by atomic mass is 10.1. The van der Waals surface area contributed by atoms with Crippen molar-refractivity contribution in [2.75, 3.05) is 11.4 Å². The summed E-state index contributed by atoms with van der Waals surface area (Å²) in [4.78, 5) is 1.89. The van der Waals surface area contributed by atoms with Gasteiger partial charge in [0.05, 0.1) is 11.6 Å². The molecule has 2 aromatic rings. The third-order valence-electron chi connectivity index (χ3n) is 3.15. The maximum atomic E-state index is 13.3. The van der Waals surface area contributed by atoms with E-state index in [-0.39, 0.29) is 0 Å². The molecule has 0 heterocycles. The molecule has 2 nitrogen and oxygen atoms in total. The van der Waals surface area contributed by atoms with Gasteiger partial charge >= 0.3 is 0 Å². The van der Waals surface area contributed by atoms with Gasteiger partial charge in [0.15, 0.2) is 11.6 Å². The molecule has 0 aromatic heterocycles. The van der Waals surface area contributed by atoms with Crippen LogP contribution in [0.2, 0.25) is 0 Å². The van der Waals surface area contributed by atoms with Gasteiger partial charge in [-0.1, -0.05) is 18.2 Å². The Bertz CT molecular complexity index is 647. The van der Waals surface area contributed by atoms with E-state index in [0.29, 0.717) is 24.3 Å². The first kappa shape index (κ1) is 14.0. The van der Waals surface area contributed by atoms with Crippen LogP contribution in [-0.4, -0.2) is 6.54 Å². The Morgan fingerprint density at radius 2 is 1.85 bits per heavy atom. The highest BCUT2D eigenvalue weighted by Crippen LogP contribution is 2.21. The summed E-state index contributed by atoms with van der Waals surface area (Å²) < 4.78 is 26.3. The van der Waals surface area contributed by atoms with Crippen molar-refractivity contribution in [3.05, 3.63) is 65.2 Å². The summed E-state index contributed by atoms with van der Waals surface area (Å²) in [5, 5.41) is 9.08. The molecule has 0 fully saturated rings. The van der Waals surface area contributed by atoms with Gasteiger partial charge in [-0.3, -0.25) is 0 Å². The lowest BCUT2D eigenvalue weighted by Gasteiger charge is -2.23. The first-order valence-electron chi connectivity index (χ1n) is 6.33. The van der Waals surface area contributed by atoms with Crippen molar-refractivity contribution in [3.8, 4) is 6.07 Å². The molecule has 4 heteroatoms. The molecule has 0 aliphatic carbocycles. The van der Waals surface area contributed by atoms with Gasteiger partial charge in [0.25, 0.3) is 0 Å². The fraction of sp³-hybridized carbons (Fsp3) is 0.188. The molecule has 102 valence electrons. The fourth-order valence-corrected chi connectivity index (χ4v) is 2.04. The number of nitrogens with zero attached hydrogens (tertiary/aromatic N) is 2. The number of benzene rings is 2. The summed E-state index contributed by atoms with van der Waals surface area (Å²) in [5.74, 6) is -1.73. The largest absolute Gasteiger partial charge is 0.367 e. The van der Waals surface area contributed by atoms with E-state index < -0.39 is 11.6 Å². The van der Waals surface area contributed by atoms with Crippen LogP contribution in [0.4, 0.5) is 14.5 Å². The Kier molecular flexibility index (Phi) is 4.31. The van der Waals surface area contributed by atoms with Gasteiger partial charge in [-0.15, -0.1) is 0 Å². The number of halogens is 2. The Morgan fingerprint density at radius 3 is 2.50 bits per heavy atom. The Balaban J connectivity index is 2.29. The monoisotopic (exact) mass is 272 g/mol. The molecule has 0 N–H and O–H groups in total. The molecule has 0 amide bonds. The molecular formula is C16H14F2N2. The number of hydrogen-bond donors (Lipinski definition) is 0. The number of anilines is 1. The van der Waals surface area contributed by atoms with Gasteiger partial charge in [-0.25, -0.2) is 8.78 Å². The molecule has 0 aliphatic rings. The molecule has 0 atom stereocenters. The minimum atomic E-state index is -0.866. The molecule has 0 spiro atoms. The van der Waals surface area contributed by atoms with Gasteiger partial charge in [0.2, 0.25) is 0 Å². The molecule has 0 saturated heterocycles. The summed E-state index contributed by atoms with van der Waals surface area (Å²) in [6.45, 7) is 3.03. The zero-order chi connectivity index (χ0) is 14.5. The van der Waals surface area contributed by atoms with Crippen LogP contribution < -0.4 is 4.90 Å². The first-order chi connectivity index (χ1) is 9.65. The highest BCUT2D eigenvalue weighted by atomic mass is 19.2. The van der Waals surface area contributed by atoms with Crippen LogP contribution in [0.3, 0.4) is 0 Å². The van der Waals surface area contributed by atoms with Crippen molar-refractivity contribution < 1.29 is 8.78 Å². The highest BCUT2D eigenvalue weighted by Gasteiger charge is 2.11. The van der Waals surface area contributed by atoms with Crippen LogP contribution in [0.15, 0.2) is 42.5 Å². The van der Waals surface area contributed by atoms with Gasteiger partial charge in [0, 0.05) is 24.8 Å². The summed E-state index contributed by atoms with van der Waals surface area (Å²) >= 11 is 0. The fourth-order valence-electron chi connectivity index (χ4n) is 2.04. The Labute approximate surface area is 116 Å². The SMILES string of the molecule is CCN(Cc1ccccc1C#N)c1ccc(F)c(F)c1. The summed E-state index contributed by atoms with van der Waals surface area (Å²) in [7, 11) is 0. The normalized spacial score (nSPS) is 10.1. The van der Waals surface area contributed by atoms with Gasteiger partial charge in [0.1, 0.15) is 0 Å². The maximum Gasteiger partial charge on any atom is 0.160 e. The second-order valence-corrected chi connectivity index (χ2v) is 4.38. The van der Waals surface area contributed by atoms with Crippen LogP contribution in [0.1, 0.15) is 18.1 Å². The minimum absolute atomic E-state index is 0.477. The number of rotatable bonds is 4. The smallest absolute Gasteiger partial charge is 0.160 e. The molecule has 20 heavy (non-hydrogen) atoms. The van der Waals surface area contributed by atoms with E-state index in [9.17, 15) is 8.78 Å². The molecule has 0 radical (unpaired) electrons. The molecule has 2 rings (SSSR count). The predicted molar refractivity (Wildman–Crippen MR) is 74.2 cm³/mol. The number of nitriles is 1. The van der Waals surface area contributed by atoms with E-state index in [2.05, 4.69) is 6.07 Å². The average molecular weight is 272 g/mol. The van der Waals surface area contributed by atoms with Crippen LogP contribution in [0, 0.1) is 23.0 Å². The van der Waals surface area contributed by atoms with Gasteiger partial charge in [-0.2, -0.15) is 5.26 Å². The molecule has 0 aliphatic heterocycles. The van der Waals surface area contributed by atoms with Crippen molar-refractivity contribution in [1.82, 2.24) is 0 Å². The van der Waals surface area contributed by atoms with Crippen LogP contribution in [-0.2, 0) is 6.54 Å². The average Bonchev–Trinajstić information content (AvgIpc) is 2.48. The third-order valence-corrected chi connectivity index (χ3v) is 3.15. The highest BCUT2D eigenvalue weighted by molar-refractivity contribution is 5.49. The third kappa shape index (κ3) is 2.94. The second kappa shape index (κ2) is 6.16. The molecule has 0 unspecified atom stereocenters. The van der Waals surface area contributed by atoms with E-state index in [4.69, 9.17) is 5.26 Å². The zero-order valence-electron chi connectivity index (χ0n) is 11.1. The van der Waals surface area contributed by atoms with Crippen molar-refractivity contribution in [2.24, 2.45) is 0 Å². The van der Waals surface area contributed by atoms with E-state index in [1.165, 1.54) is 12.1 Å². The molecule has 0 bridgehead atoms. The predicted octanol–water partition coefficient (Wildman–Crippen LogP) is 3.86. The summed E-state index contributed by atoms with van der Waals surface area (Å²) in [5.41, 5.74) is 2.05. The lowest BCUT2D eigenvalue weighted by Crippen LogP contribution is -2.22. The minimum Gasteiger partial charge on any atom is -0.367 e. The standard InChI is InChI=1S/C16H14F2N2/c1-2-20(14-7-8-15(17)16(18)9-14)11-13-6-4-3-5-12(13)10-19/h3-9H,2,11H2,1H3. The quantitative estimate of drug-likeness (QED) is 0.845. The van der Waals surface area contributed by atoms with E-state index in [0.717, 1.165) is 11.6 Å². The van der Waals surface area contributed by atoms with Crippen molar-refractivity contribution in [2.45, 2.75) is 13.5 Å². The number of hydrogen-bond acceptors (Lipinski definition) is 2. The molecule has 2 aromatic carbocycles. The molecular weight excluding hydrogens is 258 g/mol.